The topological polar surface area (TPSA) is 44.3 Å². The van der Waals surface area contributed by atoms with Crippen molar-refractivity contribution in [1.82, 2.24) is 10.3 Å². The van der Waals surface area contributed by atoms with Crippen LogP contribution in [0.5, 0.6) is 0 Å². The summed E-state index contributed by atoms with van der Waals surface area (Å²) in [5.74, 6) is 0. The number of aliphatic hydroxyl groups excluding tert-OH is 1. The Morgan fingerprint density at radius 3 is 1.94 bits per heavy atom. The number of aliphatic hydroxyl groups is 1. The van der Waals surface area contributed by atoms with Crippen molar-refractivity contribution < 1.29 is 5.11 Å². The molecule has 18 heavy (non-hydrogen) atoms. The van der Waals surface area contributed by atoms with Gasteiger partial charge in [0.25, 0.3) is 0 Å². The molecule has 0 fully saturated rings. The van der Waals surface area contributed by atoms with E-state index in [0.717, 1.165) is 12.8 Å². The first kappa shape index (κ1) is 18.1. The molecule has 0 aromatic rings. The molecule has 0 aromatic heterocycles. The van der Waals surface area contributed by atoms with E-state index < -0.39 is 8.24 Å². The molecule has 0 aromatic carbocycles. The molecule has 3 nitrogen and oxygen atoms in total. The maximum atomic E-state index is 9.37. The van der Waals surface area contributed by atoms with Gasteiger partial charge in [0.1, 0.15) is 8.24 Å². The summed E-state index contributed by atoms with van der Waals surface area (Å²) in [5.41, 5.74) is 0.168. The second-order valence-electron chi connectivity index (χ2n) is 7.52. The molecule has 0 aliphatic rings. The van der Waals surface area contributed by atoms with Crippen LogP contribution in [0.25, 0.3) is 0 Å². The highest BCUT2D eigenvalue weighted by Gasteiger charge is 2.27. The van der Waals surface area contributed by atoms with Crippen LogP contribution in [0.15, 0.2) is 0 Å². The molecule has 110 valence electrons. The van der Waals surface area contributed by atoms with Crippen molar-refractivity contribution in [2.75, 3.05) is 0 Å². The van der Waals surface area contributed by atoms with Crippen molar-refractivity contribution in [2.45, 2.75) is 90.8 Å². The van der Waals surface area contributed by atoms with Gasteiger partial charge in [0, 0.05) is 17.6 Å². The molecule has 0 heterocycles. The lowest BCUT2D eigenvalue weighted by molar-refractivity contribution is 0.166. The Balaban J connectivity index is 4.17. The van der Waals surface area contributed by atoms with Gasteiger partial charge in [0.15, 0.2) is 0 Å². The zero-order valence-electron chi connectivity index (χ0n) is 13.6. The van der Waals surface area contributed by atoms with Gasteiger partial charge < -0.3 is 15.4 Å². The van der Waals surface area contributed by atoms with Gasteiger partial charge in [-0.2, -0.15) is 0 Å². The molecule has 3 unspecified atom stereocenters. The summed E-state index contributed by atoms with van der Waals surface area (Å²) in [4.78, 5) is 3.79. The summed E-state index contributed by atoms with van der Waals surface area (Å²) < 4.78 is 0. The molecule has 0 aliphatic heterocycles. The summed E-state index contributed by atoms with van der Waals surface area (Å²) >= 11 is 0. The SMILES string of the molecule is CC(O)CC(C)NC(C)CC(C)(C)N[Si](C)(C)C. The predicted molar refractivity (Wildman–Crippen MR) is 83.5 cm³/mol. The number of rotatable bonds is 8. The van der Waals surface area contributed by atoms with Crippen molar-refractivity contribution in [3.05, 3.63) is 0 Å². The maximum Gasteiger partial charge on any atom is 0.116 e. The van der Waals surface area contributed by atoms with E-state index in [1.165, 1.54) is 0 Å². The smallest absolute Gasteiger partial charge is 0.116 e. The Labute approximate surface area is 115 Å². The van der Waals surface area contributed by atoms with Crippen LogP contribution < -0.4 is 10.3 Å². The monoisotopic (exact) mass is 274 g/mol. The van der Waals surface area contributed by atoms with Gasteiger partial charge in [-0.15, -0.1) is 0 Å². The van der Waals surface area contributed by atoms with Crippen LogP contribution >= 0.6 is 0 Å². The Hall–Kier alpha value is 0.0969. The van der Waals surface area contributed by atoms with E-state index in [0.29, 0.717) is 12.1 Å². The van der Waals surface area contributed by atoms with E-state index in [-0.39, 0.29) is 11.6 Å². The van der Waals surface area contributed by atoms with E-state index >= 15 is 0 Å². The molecule has 3 atom stereocenters. The van der Waals surface area contributed by atoms with Gasteiger partial charge >= 0.3 is 0 Å². The normalized spacial score (nSPS) is 18.5. The third kappa shape index (κ3) is 10.1. The first-order chi connectivity index (χ1) is 7.91. The molecule has 0 aliphatic carbocycles. The highest BCUT2D eigenvalue weighted by molar-refractivity contribution is 6.73. The fourth-order valence-electron chi connectivity index (χ4n) is 2.96. The van der Waals surface area contributed by atoms with Gasteiger partial charge in [0.2, 0.25) is 0 Å². The van der Waals surface area contributed by atoms with Gasteiger partial charge in [-0.05, 0) is 47.5 Å². The second-order valence-corrected chi connectivity index (χ2v) is 12.3. The minimum atomic E-state index is -1.24. The van der Waals surface area contributed by atoms with Crippen LogP contribution in [0, 0.1) is 0 Å². The summed E-state index contributed by atoms with van der Waals surface area (Å²) in [5, 5.41) is 12.9. The Bertz CT molecular complexity index is 236. The van der Waals surface area contributed by atoms with E-state index in [1.54, 1.807) is 0 Å². The highest BCUT2D eigenvalue weighted by Crippen LogP contribution is 2.15. The Kier molecular flexibility index (Phi) is 7.07. The Morgan fingerprint density at radius 1 is 1.06 bits per heavy atom. The molecular formula is C14H34N2OSi. The number of hydrogen-bond donors (Lipinski definition) is 3. The fraction of sp³-hybridized carbons (Fsp3) is 1.00. The van der Waals surface area contributed by atoms with Crippen LogP contribution in [0.3, 0.4) is 0 Å². The zero-order chi connectivity index (χ0) is 14.6. The minimum Gasteiger partial charge on any atom is -0.393 e. The fourth-order valence-corrected chi connectivity index (χ4v) is 5.09. The van der Waals surface area contributed by atoms with Crippen LogP contribution in [0.2, 0.25) is 19.6 Å². The van der Waals surface area contributed by atoms with E-state index in [4.69, 9.17) is 0 Å². The first-order valence-electron chi connectivity index (χ1n) is 7.15. The lowest BCUT2D eigenvalue weighted by atomic mass is 9.96. The summed E-state index contributed by atoms with van der Waals surface area (Å²) in [7, 11) is -1.24. The van der Waals surface area contributed by atoms with Crippen molar-refractivity contribution in [2.24, 2.45) is 0 Å². The maximum absolute atomic E-state index is 9.37. The molecule has 0 bridgehead atoms. The van der Waals surface area contributed by atoms with Gasteiger partial charge in [-0.25, -0.2) is 0 Å². The molecule has 0 spiro atoms. The van der Waals surface area contributed by atoms with E-state index in [2.05, 4.69) is 57.6 Å². The third-order valence-electron chi connectivity index (χ3n) is 2.79. The van der Waals surface area contributed by atoms with Crippen LogP contribution in [-0.2, 0) is 0 Å². The number of hydrogen-bond acceptors (Lipinski definition) is 3. The molecule has 0 saturated carbocycles. The standard InChI is InChI=1S/C14H34N2OSi/c1-11(9-13(3)17)15-12(2)10-14(4,5)16-18(6,7)8/h11-13,15-17H,9-10H2,1-8H3. The van der Waals surface area contributed by atoms with E-state index in [1.807, 2.05) is 6.92 Å². The predicted octanol–water partition coefficient (Wildman–Crippen LogP) is 2.72. The minimum absolute atomic E-state index is 0.168. The Morgan fingerprint density at radius 2 is 1.56 bits per heavy atom. The van der Waals surface area contributed by atoms with Crippen molar-refractivity contribution in [1.29, 1.82) is 0 Å². The van der Waals surface area contributed by atoms with Crippen LogP contribution in [0.4, 0.5) is 0 Å². The first-order valence-corrected chi connectivity index (χ1v) is 10.6. The van der Waals surface area contributed by atoms with Crippen molar-refractivity contribution in [3.8, 4) is 0 Å². The average molecular weight is 275 g/mol. The van der Waals surface area contributed by atoms with Crippen molar-refractivity contribution >= 4 is 8.24 Å². The van der Waals surface area contributed by atoms with Crippen LogP contribution in [0.1, 0.15) is 47.5 Å². The van der Waals surface area contributed by atoms with E-state index in [9.17, 15) is 5.11 Å². The average Bonchev–Trinajstić information content (AvgIpc) is 1.92. The van der Waals surface area contributed by atoms with Crippen molar-refractivity contribution in [3.63, 3.8) is 0 Å². The molecule has 4 heteroatoms. The molecule has 0 radical (unpaired) electrons. The molecular weight excluding hydrogens is 240 g/mol. The molecule has 0 amide bonds. The summed E-state index contributed by atoms with van der Waals surface area (Å²) in [6.45, 7) is 17.8. The summed E-state index contributed by atoms with van der Waals surface area (Å²) in [6.07, 6.45) is 1.68. The van der Waals surface area contributed by atoms with Gasteiger partial charge in [-0.3, -0.25) is 0 Å². The molecule has 3 N–H and O–H groups in total. The van der Waals surface area contributed by atoms with Gasteiger partial charge in [-0.1, -0.05) is 19.6 Å². The zero-order valence-corrected chi connectivity index (χ0v) is 14.6. The molecule has 0 rings (SSSR count). The lowest BCUT2D eigenvalue weighted by Crippen LogP contribution is -2.56. The summed E-state index contributed by atoms with van der Waals surface area (Å²) in [6, 6.07) is 0.820. The molecule has 0 saturated heterocycles. The lowest BCUT2D eigenvalue weighted by Gasteiger charge is -2.36. The van der Waals surface area contributed by atoms with Gasteiger partial charge in [0.05, 0.1) is 6.10 Å². The highest BCUT2D eigenvalue weighted by atomic mass is 28.3. The quantitative estimate of drug-likeness (QED) is 0.596. The third-order valence-corrected chi connectivity index (χ3v) is 4.22. The largest absolute Gasteiger partial charge is 0.393 e. The second kappa shape index (κ2) is 7.03. The number of nitrogens with one attached hydrogen (secondary N) is 2. The van der Waals surface area contributed by atoms with Crippen LogP contribution in [-0.4, -0.2) is 37.1 Å².